The fraction of sp³-hybridized carbons (Fsp3) is 0.333. The zero-order valence-corrected chi connectivity index (χ0v) is 15.4. The highest BCUT2D eigenvalue weighted by molar-refractivity contribution is 5.75. The maximum Gasteiger partial charge on any atom is 0.207 e. The van der Waals surface area contributed by atoms with Crippen LogP contribution >= 0.6 is 0 Å². The summed E-state index contributed by atoms with van der Waals surface area (Å²) in [5.41, 5.74) is 4.54. The molecule has 1 N–H and O–H groups in total. The van der Waals surface area contributed by atoms with E-state index in [0.29, 0.717) is 13.2 Å². The second-order valence-electron chi connectivity index (χ2n) is 6.39. The van der Waals surface area contributed by atoms with Gasteiger partial charge in [-0.3, -0.25) is 4.79 Å². The molecule has 0 spiro atoms. The minimum Gasteiger partial charge on any atom is -0.491 e. The number of hydrogen-bond acceptors (Lipinski definition) is 3. The molecule has 3 rings (SSSR count). The number of nitrogens with zero attached hydrogens (tertiary/aromatic N) is 2. The summed E-state index contributed by atoms with van der Waals surface area (Å²) < 4.78 is 8.25. The molecule has 0 saturated carbocycles. The predicted octanol–water partition coefficient (Wildman–Crippen LogP) is 3.41. The molecular weight excluding hydrogens is 326 g/mol. The van der Waals surface area contributed by atoms with Gasteiger partial charge in [0.1, 0.15) is 18.2 Å². The first-order chi connectivity index (χ1) is 12.7. The summed E-state index contributed by atoms with van der Waals surface area (Å²) in [4.78, 5) is 15.2. The highest BCUT2D eigenvalue weighted by Crippen LogP contribution is 2.21. The molecule has 1 amide bonds. The lowest BCUT2D eigenvalue weighted by Gasteiger charge is -2.13. The van der Waals surface area contributed by atoms with E-state index in [1.807, 2.05) is 30.3 Å². The van der Waals surface area contributed by atoms with Crippen molar-refractivity contribution in [3.63, 3.8) is 0 Å². The number of rotatable bonds is 9. The second-order valence-corrected chi connectivity index (χ2v) is 6.39. The Morgan fingerprint density at radius 2 is 2.00 bits per heavy atom. The molecule has 2 aromatic carbocycles. The molecule has 0 bridgehead atoms. The molecule has 0 radical (unpaired) electrons. The Hall–Kier alpha value is -2.82. The number of ether oxygens (including phenoxy) is 1. The fourth-order valence-electron chi connectivity index (χ4n) is 3.10. The van der Waals surface area contributed by atoms with Gasteiger partial charge in [0.05, 0.1) is 17.6 Å². The van der Waals surface area contributed by atoms with Crippen LogP contribution < -0.4 is 10.1 Å². The molecule has 3 aromatic rings. The largest absolute Gasteiger partial charge is 0.491 e. The van der Waals surface area contributed by atoms with E-state index in [1.165, 1.54) is 11.1 Å². The normalized spacial score (nSPS) is 10.8. The van der Waals surface area contributed by atoms with Crippen molar-refractivity contribution < 1.29 is 9.53 Å². The van der Waals surface area contributed by atoms with Crippen LogP contribution in [0.4, 0.5) is 0 Å². The number of fused-ring (bicyclic) bond motifs is 1. The molecule has 0 aliphatic heterocycles. The van der Waals surface area contributed by atoms with E-state index in [0.717, 1.165) is 48.4 Å². The Kier molecular flexibility index (Phi) is 5.89. The van der Waals surface area contributed by atoms with Gasteiger partial charge in [0, 0.05) is 13.0 Å². The van der Waals surface area contributed by atoms with Crippen molar-refractivity contribution in [1.82, 2.24) is 14.9 Å². The van der Waals surface area contributed by atoms with Crippen LogP contribution in [0.1, 0.15) is 23.4 Å². The summed E-state index contributed by atoms with van der Waals surface area (Å²) in [6.45, 7) is 6.17. The lowest BCUT2D eigenvalue weighted by atomic mass is 10.1. The van der Waals surface area contributed by atoms with Gasteiger partial charge in [0.15, 0.2) is 0 Å². The molecule has 5 heteroatoms. The lowest BCUT2D eigenvalue weighted by Crippen LogP contribution is -2.15. The topological polar surface area (TPSA) is 56.1 Å². The monoisotopic (exact) mass is 351 g/mol. The molecule has 0 aliphatic rings. The standard InChI is InChI=1S/C21H25N3O2/c1-16-7-5-10-20(17(16)2)26-14-13-24-19-9-4-3-8-18(19)23-21(24)11-6-12-22-15-25/h3-5,7-10,15H,6,11-14H2,1-2H3,(H,22,25). The average Bonchev–Trinajstić information content (AvgIpc) is 3.00. The van der Waals surface area contributed by atoms with Crippen LogP contribution in [0.5, 0.6) is 5.75 Å². The molecule has 1 aromatic heterocycles. The number of hydrogen-bond donors (Lipinski definition) is 1. The number of carbonyl (C=O) groups is 1. The van der Waals surface area contributed by atoms with Gasteiger partial charge < -0.3 is 14.6 Å². The number of para-hydroxylation sites is 2. The lowest BCUT2D eigenvalue weighted by molar-refractivity contribution is -0.109. The SMILES string of the molecule is Cc1cccc(OCCn2c(CCCNC=O)nc3ccccc32)c1C. The minimum atomic E-state index is 0.588. The van der Waals surface area contributed by atoms with E-state index in [9.17, 15) is 4.79 Å². The Balaban J connectivity index is 1.72. The third-order valence-electron chi connectivity index (χ3n) is 4.67. The van der Waals surface area contributed by atoms with E-state index < -0.39 is 0 Å². The number of nitrogens with one attached hydrogen (secondary N) is 1. The number of amides is 1. The fourth-order valence-corrected chi connectivity index (χ4v) is 3.10. The molecule has 0 fully saturated rings. The van der Waals surface area contributed by atoms with Gasteiger partial charge in [0.2, 0.25) is 6.41 Å². The first kappa shape index (κ1) is 18.0. The zero-order chi connectivity index (χ0) is 18.4. The Bertz CT molecular complexity index is 886. The summed E-state index contributed by atoms with van der Waals surface area (Å²) in [5.74, 6) is 1.97. The van der Waals surface area contributed by atoms with Gasteiger partial charge in [-0.25, -0.2) is 4.98 Å². The third-order valence-corrected chi connectivity index (χ3v) is 4.67. The second kappa shape index (κ2) is 8.52. The van der Waals surface area contributed by atoms with Crippen molar-refractivity contribution in [3.8, 4) is 5.75 Å². The van der Waals surface area contributed by atoms with E-state index in [1.54, 1.807) is 0 Å². The average molecular weight is 351 g/mol. The molecule has 0 atom stereocenters. The van der Waals surface area contributed by atoms with Crippen LogP contribution in [0.15, 0.2) is 42.5 Å². The van der Waals surface area contributed by atoms with E-state index in [2.05, 4.69) is 35.9 Å². The van der Waals surface area contributed by atoms with Crippen LogP contribution in [0, 0.1) is 13.8 Å². The quantitative estimate of drug-likeness (QED) is 0.475. The number of imidazole rings is 1. The zero-order valence-electron chi connectivity index (χ0n) is 15.4. The Morgan fingerprint density at radius 1 is 1.15 bits per heavy atom. The molecule has 5 nitrogen and oxygen atoms in total. The van der Waals surface area contributed by atoms with Crippen LogP contribution in [0.3, 0.4) is 0 Å². The summed E-state index contributed by atoms with van der Waals surface area (Å²) in [5, 5.41) is 2.71. The Labute approximate surface area is 154 Å². The van der Waals surface area contributed by atoms with Crippen molar-refractivity contribution >= 4 is 17.4 Å². The maximum absolute atomic E-state index is 10.4. The molecular formula is C21H25N3O2. The smallest absolute Gasteiger partial charge is 0.207 e. The number of aromatic nitrogens is 2. The molecule has 0 unspecified atom stereocenters. The van der Waals surface area contributed by atoms with E-state index >= 15 is 0 Å². The molecule has 1 heterocycles. The minimum absolute atomic E-state index is 0.588. The molecule has 136 valence electrons. The van der Waals surface area contributed by atoms with Crippen LogP contribution in [0.2, 0.25) is 0 Å². The molecule has 0 aliphatic carbocycles. The summed E-state index contributed by atoms with van der Waals surface area (Å²) in [6.07, 6.45) is 2.42. The van der Waals surface area contributed by atoms with E-state index in [-0.39, 0.29) is 0 Å². The first-order valence-corrected chi connectivity index (χ1v) is 9.01. The maximum atomic E-state index is 10.4. The van der Waals surface area contributed by atoms with Gasteiger partial charge >= 0.3 is 0 Å². The van der Waals surface area contributed by atoms with Crippen molar-refractivity contribution in [2.75, 3.05) is 13.2 Å². The summed E-state index contributed by atoms with van der Waals surface area (Å²) in [6, 6.07) is 14.3. The first-order valence-electron chi connectivity index (χ1n) is 9.01. The van der Waals surface area contributed by atoms with E-state index in [4.69, 9.17) is 9.72 Å². The summed E-state index contributed by atoms with van der Waals surface area (Å²) >= 11 is 0. The van der Waals surface area contributed by atoms with Gasteiger partial charge in [-0.15, -0.1) is 0 Å². The molecule has 26 heavy (non-hydrogen) atoms. The van der Waals surface area contributed by atoms with Gasteiger partial charge in [0.25, 0.3) is 0 Å². The third kappa shape index (κ3) is 4.04. The van der Waals surface area contributed by atoms with Crippen molar-refractivity contribution in [1.29, 1.82) is 0 Å². The number of benzene rings is 2. The van der Waals surface area contributed by atoms with Crippen molar-refractivity contribution in [3.05, 3.63) is 59.4 Å². The van der Waals surface area contributed by atoms with Gasteiger partial charge in [-0.1, -0.05) is 24.3 Å². The van der Waals surface area contributed by atoms with Crippen LogP contribution in [0.25, 0.3) is 11.0 Å². The summed E-state index contributed by atoms with van der Waals surface area (Å²) in [7, 11) is 0. The van der Waals surface area contributed by atoms with Crippen molar-refractivity contribution in [2.45, 2.75) is 33.2 Å². The molecule has 0 saturated heterocycles. The Morgan fingerprint density at radius 3 is 2.85 bits per heavy atom. The number of carbonyl (C=O) groups excluding carboxylic acids is 1. The van der Waals surface area contributed by atoms with Crippen molar-refractivity contribution in [2.24, 2.45) is 0 Å². The van der Waals surface area contributed by atoms with Crippen LogP contribution in [-0.2, 0) is 17.8 Å². The predicted molar refractivity (Wildman–Crippen MR) is 104 cm³/mol. The van der Waals surface area contributed by atoms with Gasteiger partial charge in [-0.2, -0.15) is 0 Å². The highest BCUT2D eigenvalue weighted by atomic mass is 16.5. The van der Waals surface area contributed by atoms with Crippen LogP contribution in [-0.4, -0.2) is 29.1 Å². The number of aryl methyl sites for hydroxylation is 2. The van der Waals surface area contributed by atoms with Gasteiger partial charge in [-0.05, 0) is 49.6 Å². The highest BCUT2D eigenvalue weighted by Gasteiger charge is 2.10.